The van der Waals surface area contributed by atoms with E-state index < -0.39 is 6.10 Å². The Morgan fingerprint density at radius 2 is 1.79 bits per heavy atom. The number of fused-ring (bicyclic) bond motifs is 1. The lowest BCUT2D eigenvalue weighted by Crippen LogP contribution is -2.40. The number of aryl methyl sites for hydroxylation is 1. The molecule has 198 valence electrons. The number of nitrogens with zero attached hydrogens (tertiary/aromatic N) is 3. The Labute approximate surface area is 218 Å². The van der Waals surface area contributed by atoms with Gasteiger partial charge in [-0.05, 0) is 54.8 Å². The molecule has 9 nitrogen and oxygen atoms in total. The number of H-pyrrole nitrogens is 1. The SMILES string of the molecule is CCCn1c(=O)c2[nH]c(-c3ccc(OC(c4cccc(F)c4)C4CNC(=O)C4)cc3)nc2n(CCC)c1=O. The van der Waals surface area contributed by atoms with E-state index in [9.17, 15) is 18.8 Å². The first-order valence-corrected chi connectivity index (χ1v) is 12.9. The van der Waals surface area contributed by atoms with Gasteiger partial charge in [-0.15, -0.1) is 0 Å². The summed E-state index contributed by atoms with van der Waals surface area (Å²) in [6.07, 6.45) is 1.18. The normalized spacial score (nSPS) is 16.1. The van der Waals surface area contributed by atoms with E-state index in [1.54, 1.807) is 41.0 Å². The fourth-order valence-electron chi connectivity index (χ4n) is 4.95. The molecule has 0 saturated carbocycles. The van der Waals surface area contributed by atoms with Crippen LogP contribution >= 0.6 is 0 Å². The number of hydrogen-bond acceptors (Lipinski definition) is 5. The molecule has 38 heavy (non-hydrogen) atoms. The largest absolute Gasteiger partial charge is 0.485 e. The van der Waals surface area contributed by atoms with Crippen molar-refractivity contribution in [2.45, 2.75) is 52.3 Å². The minimum Gasteiger partial charge on any atom is -0.485 e. The van der Waals surface area contributed by atoms with Crippen LogP contribution in [0.5, 0.6) is 5.75 Å². The molecule has 0 aliphatic carbocycles. The van der Waals surface area contributed by atoms with Gasteiger partial charge in [0.2, 0.25) is 5.91 Å². The van der Waals surface area contributed by atoms with Crippen LogP contribution in [0.3, 0.4) is 0 Å². The van der Waals surface area contributed by atoms with Gasteiger partial charge in [0.25, 0.3) is 5.56 Å². The molecule has 5 rings (SSSR count). The van der Waals surface area contributed by atoms with Gasteiger partial charge in [-0.25, -0.2) is 14.2 Å². The van der Waals surface area contributed by atoms with Crippen molar-refractivity contribution in [3.05, 3.63) is 80.7 Å². The van der Waals surface area contributed by atoms with Crippen molar-refractivity contribution in [1.82, 2.24) is 24.4 Å². The number of hydrogen-bond donors (Lipinski definition) is 2. The van der Waals surface area contributed by atoms with E-state index in [1.807, 2.05) is 13.8 Å². The fraction of sp³-hybridized carbons (Fsp3) is 0.357. The van der Waals surface area contributed by atoms with Gasteiger partial charge in [-0.2, -0.15) is 0 Å². The maximum absolute atomic E-state index is 14.0. The Kier molecular flexibility index (Phi) is 7.13. The number of benzene rings is 2. The Bertz CT molecular complexity index is 1590. The number of aromatic amines is 1. The van der Waals surface area contributed by atoms with E-state index in [2.05, 4.69) is 15.3 Å². The topological polar surface area (TPSA) is 111 Å². The number of aromatic nitrogens is 4. The number of halogens is 1. The second-order valence-electron chi connectivity index (χ2n) is 9.56. The fourth-order valence-corrected chi connectivity index (χ4v) is 4.95. The molecule has 3 heterocycles. The second-order valence-corrected chi connectivity index (χ2v) is 9.56. The van der Waals surface area contributed by atoms with Gasteiger partial charge in [0.1, 0.15) is 29.0 Å². The summed E-state index contributed by atoms with van der Waals surface area (Å²) >= 11 is 0. The highest BCUT2D eigenvalue weighted by Crippen LogP contribution is 2.33. The van der Waals surface area contributed by atoms with Crippen molar-refractivity contribution in [2.75, 3.05) is 6.54 Å². The van der Waals surface area contributed by atoms with Crippen LogP contribution in [-0.2, 0) is 17.9 Å². The lowest BCUT2D eigenvalue weighted by molar-refractivity contribution is -0.119. The van der Waals surface area contributed by atoms with Gasteiger partial charge >= 0.3 is 5.69 Å². The molecule has 2 aromatic heterocycles. The van der Waals surface area contributed by atoms with E-state index in [0.717, 1.165) is 6.42 Å². The molecule has 2 unspecified atom stereocenters. The molecule has 4 aromatic rings. The molecule has 1 saturated heterocycles. The van der Waals surface area contributed by atoms with Crippen molar-refractivity contribution in [3.63, 3.8) is 0 Å². The van der Waals surface area contributed by atoms with Crippen LogP contribution in [0, 0.1) is 11.7 Å². The summed E-state index contributed by atoms with van der Waals surface area (Å²) in [6.45, 7) is 5.13. The standard InChI is InChI=1S/C28H30FN5O4/c1-3-12-33-26-23(27(36)34(13-4-2)28(33)37)31-25(32-26)17-8-10-21(11-9-17)38-24(19-15-22(35)30-16-19)18-6-5-7-20(29)14-18/h5-11,14,19,24H,3-4,12-13,15-16H2,1-2H3,(H,30,35)(H,31,32). The zero-order chi connectivity index (χ0) is 26.8. The summed E-state index contributed by atoms with van der Waals surface area (Å²) in [6, 6.07) is 13.4. The molecular formula is C28H30FN5O4. The number of imidazole rings is 1. The van der Waals surface area contributed by atoms with Crippen LogP contribution in [0.15, 0.2) is 58.1 Å². The van der Waals surface area contributed by atoms with E-state index in [4.69, 9.17) is 4.74 Å². The Hall–Kier alpha value is -4.21. The Balaban J connectivity index is 1.47. The molecule has 0 spiro atoms. The number of ether oxygens (including phenoxy) is 1. The zero-order valence-corrected chi connectivity index (χ0v) is 21.4. The summed E-state index contributed by atoms with van der Waals surface area (Å²) < 4.78 is 23.0. The Morgan fingerprint density at radius 3 is 2.45 bits per heavy atom. The molecule has 1 fully saturated rings. The van der Waals surface area contributed by atoms with Gasteiger partial charge in [-0.1, -0.05) is 26.0 Å². The molecule has 2 atom stereocenters. The highest BCUT2D eigenvalue weighted by atomic mass is 19.1. The van der Waals surface area contributed by atoms with Crippen LogP contribution in [0.2, 0.25) is 0 Å². The van der Waals surface area contributed by atoms with Crippen molar-refractivity contribution in [2.24, 2.45) is 5.92 Å². The molecule has 2 N–H and O–H groups in total. The van der Waals surface area contributed by atoms with Crippen molar-refractivity contribution in [1.29, 1.82) is 0 Å². The molecule has 10 heteroatoms. The summed E-state index contributed by atoms with van der Waals surface area (Å²) in [5.41, 5.74) is 1.28. The first-order valence-electron chi connectivity index (χ1n) is 12.9. The van der Waals surface area contributed by atoms with E-state index in [1.165, 1.54) is 16.7 Å². The monoisotopic (exact) mass is 519 g/mol. The number of rotatable bonds is 9. The predicted octanol–water partition coefficient (Wildman–Crippen LogP) is 3.77. The average molecular weight is 520 g/mol. The van der Waals surface area contributed by atoms with Crippen LogP contribution in [0.25, 0.3) is 22.6 Å². The molecule has 0 radical (unpaired) electrons. The number of carbonyl (C=O) groups is 1. The molecule has 2 aromatic carbocycles. The lowest BCUT2D eigenvalue weighted by Gasteiger charge is -2.24. The average Bonchev–Trinajstić information content (AvgIpc) is 3.55. The van der Waals surface area contributed by atoms with Gasteiger partial charge in [-0.3, -0.25) is 18.7 Å². The predicted molar refractivity (Wildman–Crippen MR) is 142 cm³/mol. The minimum atomic E-state index is -0.512. The molecule has 0 bridgehead atoms. The first kappa shape index (κ1) is 25.4. The third kappa shape index (κ3) is 4.85. The van der Waals surface area contributed by atoms with E-state index in [-0.39, 0.29) is 28.9 Å². The van der Waals surface area contributed by atoms with Gasteiger partial charge in [0.15, 0.2) is 5.65 Å². The lowest BCUT2D eigenvalue weighted by atomic mass is 9.94. The van der Waals surface area contributed by atoms with Crippen molar-refractivity contribution < 1.29 is 13.9 Å². The molecule has 1 aliphatic rings. The summed E-state index contributed by atoms with van der Waals surface area (Å²) in [5, 5.41) is 2.82. The molecule has 1 aliphatic heterocycles. The van der Waals surface area contributed by atoms with Crippen LogP contribution in [0.4, 0.5) is 4.39 Å². The van der Waals surface area contributed by atoms with Gasteiger partial charge in [0.05, 0.1) is 0 Å². The third-order valence-electron chi connectivity index (χ3n) is 6.76. The van der Waals surface area contributed by atoms with Crippen LogP contribution in [0.1, 0.15) is 44.8 Å². The number of carbonyl (C=O) groups excluding carboxylic acids is 1. The Morgan fingerprint density at radius 1 is 1.05 bits per heavy atom. The quantitative estimate of drug-likeness (QED) is 0.350. The molecular weight excluding hydrogens is 489 g/mol. The maximum atomic E-state index is 14.0. The highest BCUT2D eigenvalue weighted by Gasteiger charge is 2.32. The minimum absolute atomic E-state index is 0.0558. The summed E-state index contributed by atoms with van der Waals surface area (Å²) in [4.78, 5) is 45.6. The number of amides is 1. The smallest absolute Gasteiger partial charge is 0.332 e. The second kappa shape index (κ2) is 10.6. The highest BCUT2D eigenvalue weighted by molar-refractivity contribution is 5.78. The van der Waals surface area contributed by atoms with Gasteiger partial charge < -0.3 is 15.0 Å². The van der Waals surface area contributed by atoms with Crippen LogP contribution in [-0.4, -0.2) is 31.6 Å². The number of nitrogens with one attached hydrogen (secondary N) is 2. The summed E-state index contributed by atoms with van der Waals surface area (Å²) in [5.74, 6) is 0.453. The molecule has 1 amide bonds. The summed E-state index contributed by atoms with van der Waals surface area (Å²) in [7, 11) is 0. The first-order chi connectivity index (χ1) is 18.4. The third-order valence-corrected chi connectivity index (χ3v) is 6.76. The van der Waals surface area contributed by atoms with Gasteiger partial charge in [0, 0.05) is 37.5 Å². The van der Waals surface area contributed by atoms with Crippen molar-refractivity contribution >= 4 is 17.1 Å². The van der Waals surface area contributed by atoms with E-state index >= 15 is 0 Å². The zero-order valence-electron chi connectivity index (χ0n) is 21.4. The van der Waals surface area contributed by atoms with Crippen LogP contribution < -0.4 is 21.3 Å². The maximum Gasteiger partial charge on any atom is 0.332 e. The van der Waals surface area contributed by atoms with Crippen molar-refractivity contribution in [3.8, 4) is 17.1 Å². The van der Waals surface area contributed by atoms with E-state index in [0.29, 0.717) is 66.3 Å².